The second-order valence-electron chi connectivity index (χ2n) is 5.08. The van der Waals surface area contributed by atoms with Gasteiger partial charge in [-0.15, -0.1) is 0 Å². The Balaban J connectivity index is 3.15. The van der Waals surface area contributed by atoms with E-state index in [1.165, 1.54) is 45.4 Å². The molecule has 0 unspecified atom stereocenters. The molecule has 0 aromatic carbocycles. The van der Waals surface area contributed by atoms with E-state index >= 15 is 0 Å². The second-order valence-corrected chi connectivity index (χ2v) is 5.08. The normalized spacial score (nSPS) is 10.3. The van der Waals surface area contributed by atoms with Gasteiger partial charge in [-0.05, 0) is 25.3 Å². The summed E-state index contributed by atoms with van der Waals surface area (Å²) < 4.78 is 4.89. The molecule has 2 nitrogen and oxygen atoms in total. The highest BCUT2D eigenvalue weighted by atomic mass is 16.5. The molecule has 0 saturated heterocycles. The monoisotopic (exact) mass is 278 g/mol. The Labute approximate surface area is 125 Å². The van der Waals surface area contributed by atoms with Crippen molar-refractivity contribution in [1.29, 1.82) is 0 Å². The van der Waals surface area contributed by atoms with E-state index < -0.39 is 0 Å². The Bertz CT molecular complexity index is 307. The Morgan fingerprint density at radius 2 is 1.70 bits per heavy atom. The van der Waals surface area contributed by atoms with Gasteiger partial charge in [-0.3, -0.25) is 4.79 Å². The summed E-state index contributed by atoms with van der Waals surface area (Å²) in [5.41, 5.74) is 0. The lowest BCUT2D eigenvalue weighted by Gasteiger charge is -2.02. The first-order chi connectivity index (χ1) is 9.77. The van der Waals surface area contributed by atoms with Gasteiger partial charge in [-0.1, -0.05) is 63.4 Å². The molecule has 0 radical (unpaired) electrons. The highest BCUT2D eigenvalue weighted by Crippen LogP contribution is 2.08. The molecule has 0 aliphatic heterocycles. The molecule has 0 amide bonds. The maximum absolute atomic E-state index is 10.5. The minimum absolute atomic E-state index is 0.171. The van der Waals surface area contributed by atoms with Gasteiger partial charge in [-0.25, -0.2) is 0 Å². The van der Waals surface area contributed by atoms with Gasteiger partial charge in [-0.2, -0.15) is 0 Å². The lowest BCUT2D eigenvalue weighted by Crippen LogP contribution is -1.99. The minimum atomic E-state index is -0.171. The fourth-order valence-corrected chi connectivity index (χ4v) is 1.86. The van der Waals surface area contributed by atoms with Crippen LogP contribution in [0.5, 0.6) is 0 Å². The fraction of sp³-hybridized carbons (Fsp3) is 0.722. The van der Waals surface area contributed by atoms with Gasteiger partial charge in [0, 0.05) is 13.3 Å². The van der Waals surface area contributed by atoms with Crippen molar-refractivity contribution in [2.75, 3.05) is 6.61 Å². The predicted molar refractivity (Wildman–Crippen MR) is 85.4 cm³/mol. The number of carbonyl (C=O) groups is 1. The molecule has 0 rings (SSSR count). The first kappa shape index (κ1) is 18.8. The molecular formula is C18H30O2. The third-order valence-corrected chi connectivity index (χ3v) is 3.01. The fourth-order valence-electron chi connectivity index (χ4n) is 1.86. The van der Waals surface area contributed by atoms with Crippen LogP contribution in [0.1, 0.15) is 78.1 Å². The van der Waals surface area contributed by atoms with Gasteiger partial charge in [0.15, 0.2) is 0 Å². The zero-order valence-corrected chi connectivity index (χ0v) is 13.2. The molecule has 0 aromatic heterocycles. The van der Waals surface area contributed by atoms with Crippen LogP contribution in [0, 0.1) is 11.8 Å². The quantitative estimate of drug-likeness (QED) is 0.301. The topological polar surface area (TPSA) is 26.3 Å². The van der Waals surface area contributed by atoms with Gasteiger partial charge in [0.1, 0.15) is 0 Å². The van der Waals surface area contributed by atoms with E-state index in [0.29, 0.717) is 6.61 Å². The van der Waals surface area contributed by atoms with Crippen molar-refractivity contribution < 1.29 is 9.53 Å². The Morgan fingerprint density at radius 1 is 1.05 bits per heavy atom. The maximum atomic E-state index is 10.5. The standard InChI is InChI=1S/C18H30O2/c1-3-4-5-6-7-8-9-10-11-12-13-14-15-16-17-20-18(2)19/h5-6H,3-4,9-17H2,1-2H3. The summed E-state index contributed by atoms with van der Waals surface area (Å²) in [6, 6.07) is 0. The zero-order chi connectivity index (χ0) is 14.9. The van der Waals surface area contributed by atoms with Crippen LogP contribution < -0.4 is 0 Å². The molecule has 20 heavy (non-hydrogen) atoms. The second kappa shape index (κ2) is 15.8. The molecule has 0 aliphatic carbocycles. The number of allylic oxidation sites excluding steroid dienone is 2. The van der Waals surface area contributed by atoms with Crippen LogP contribution in [-0.4, -0.2) is 12.6 Å². The predicted octanol–water partition coefficient (Wildman–Crippen LogP) is 5.03. The van der Waals surface area contributed by atoms with E-state index in [2.05, 4.69) is 24.8 Å². The first-order valence-corrected chi connectivity index (χ1v) is 8.04. The summed E-state index contributed by atoms with van der Waals surface area (Å²) in [7, 11) is 0. The van der Waals surface area contributed by atoms with E-state index in [9.17, 15) is 4.79 Å². The maximum Gasteiger partial charge on any atom is 0.302 e. The average Bonchev–Trinajstić information content (AvgIpc) is 2.43. The van der Waals surface area contributed by atoms with Crippen molar-refractivity contribution in [1.82, 2.24) is 0 Å². The number of rotatable bonds is 11. The molecular weight excluding hydrogens is 248 g/mol. The molecule has 0 atom stereocenters. The van der Waals surface area contributed by atoms with Crippen LogP contribution in [0.25, 0.3) is 0 Å². The van der Waals surface area contributed by atoms with Gasteiger partial charge in [0.2, 0.25) is 0 Å². The lowest BCUT2D eigenvalue weighted by molar-refractivity contribution is -0.141. The van der Waals surface area contributed by atoms with Crippen LogP contribution in [0.3, 0.4) is 0 Å². The Kier molecular flexibility index (Phi) is 14.9. The number of unbranched alkanes of at least 4 members (excludes halogenated alkanes) is 8. The van der Waals surface area contributed by atoms with Crippen LogP contribution in [0.2, 0.25) is 0 Å². The summed E-state index contributed by atoms with van der Waals surface area (Å²) in [5.74, 6) is 6.10. The summed E-state index contributed by atoms with van der Waals surface area (Å²) in [5, 5.41) is 0. The van der Waals surface area contributed by atoms with Crippen molar-refractivity contribution in [3.63, 3.8) is 0 Å². The largest absolute Gasteiger partial charge is 0.466 e. The number of hydrogen-bond acceptors (Lipinski definition) is 2. The first-order valence-electron chi connectivity index (χ1n) is 8.04. The van der Waals surface area contributed by atoms with Crippen LogP contribution in [-0.2, 0) is 9.53 Å². The molecule has 114 valence electrons. The number of carbonyl (C=O) groups excluding carboxylic acids is 1. The van der Waals surface area contributed by atoms with Crippen LogP contribution in [0.15, 0.2) is 12.2 Å². The third kappa shape index (κ3) is 16.8. The van der Waals surface area contributed by atoms with E-state index in [1.807, 2.05) is 6.08 Å². The van der Waals surface area contributed by atoms with E-state index in [-0.39, 0.29) is 5.97 Å². The molecule has 0 aliphatic rings. The third-order valence-electron chi connectivity index (χ3n) is 3.01. The van der Waals surface area contributed by atoms with E-state index in [0.717, 1.165) is 25.7 Å². The van der Waals surface area contributed by atoms with Gasteiger partial charge < -0.3 is 4.74 Å². The highest BCUT2D eigenvalue weighted by molar-refractivity contribution is 5.65. The summed E-state index contributed by atoms with van der Waals surface area (Å²) >= 11 is 0. The number of esters is 1. The summed E-state index contributed by atoms with van der Waals surface area (Å²) in [6.07, 6.45) is 15.9. The number of hydrogen-bond donors (Lipinski definition) is 0. The van der Waals surface area contributed by atoms with Crippen molar-refractivity contribution in [3.05, 3.63) is 12.2 Å². The van der Waals surface area contributed by atoms with Crippen molar-refractivity contribution in [3.8, 4) is 11.8 Å². The number of ether oxygens (including phenoxy) is 1. The molecule has 0 N–H and O–H groups in total. The van der Waals surface area contributed by atoms with Crippen molar-refractivity contribution in [2.45, 2.75) is 78.1 Å². The Morgan fingerprint density at radius 3 is 2.35 bits per heavy atom. The highest BCUT2D eigenvalue weighted by Gasteiger charge is 1.94. The van der Waals surface area contributed by atoms with Gasteiger partial charge in [0.25, 0.3) is 0 Å². The molecule has 0 heterocycles. The smallest absolute Gasteiger partial charge is 0.302 e. The van der Waals surface area contributed by atoms with Gasteiger partial charge >= 0.3 is 5.97 Å². The van der Waals surface area contributed by atoms with Crippen LogP contribution in [0.4, 0.5) is 0 Å². The lowest BCUT2D eigenvalue weighted by atomic mass is 10.1. The SMILES string of the molecule is CCCC=CC#CCCCCCCCCCOC(C)=O. The van der Waals surface area contributed by atoms with E-state index in [1.54, 1.807) is 0 Å². The molecule has 0 bridgehead atoms. The summed E-state index contributed by atoms with van der Waals surface area (Å²) in [6.45, 7) is 4.22. The summed E-state index contributed by atoms with van der Waals surface area (Å²) in [4.78, 5) is 10.5. The molecule has 0 aromatic rings. The zero-order valence-electron chi connectivity index (χ0n) is 13.2. The molecule has 0 fully saturated rings. The van der Waals surface area contributed by atoms with Crippen molar-refractivity contribution in [2.24, 2.45) is 0 Å². The van der Waals surface area contributed by atoms with Crippen LogP contribution >= 0.6 is 0 Å². The van der Waals surface area contributed by atoms with E-state index in [4.69, 9.17) is 4.74 Å². The minimum Gasteiger partial charge on any atom is -0.466 e. The van der Waals surface area contributed by atoms with Gasteiger partial charge in [0.05, 0.1) is 6.61 Å². The Hall–Kier alpha value is -1.23. The average molecular weight is 278 g/mol. The molecule has 2 heteroatoms. The molecule has 0 spiro atoms. The van der Waals surface area contributed by atoms with Crippen molar-refractivity contribution >= 4 is 5.97 Å². The molecule has 0 saturated carbocycles.